The van der Waals surface area contributed by atoms with Crippen LogP contribution >= 0.6 is 11.3 Å². The van der Waals surface area contributed by atoms with Gasteiger partial charge in [-0.15, -0.1) is 11.3 Å². The number of hydrogen-bond acceptors (Lipinski definition) is 6. The predicted molar refractivity (Wildman–Crippen MR) is 84.5 cm³/mol. The standard InChI is InChI=1S/C14H12N4O2S/c15-10-3-1-9(2-4-10)7-16-11-5-6-12-13(17-8-21-12)14(11)18(19)20/h1-6,8,16H,7,15H2. The molecule has 1 aromatic heterocycles. The first-order valence-electron chi connectivity index (χ1n) is 6.24. The Hall–Kier alpha value is -2.67. The summed E-state index contributed by atoms with van der Waals surface area (Å²) in [4.78, 5) is 15.0. The number of nitro groups is 1. The summed E-state index contributed by atoms with van der Waals surface area (Å²) in [6, 6.07) is 10.9. The van der Waals surface area contributed by atoms with E-state index in [0.717, 1.165) is 10.3 Å². The fraction of sp³-hybridized carbons (Fsp3) is 0.0714. The highest BCUT2D eigenvalue weighted by atomic mass is 32.1. The van der Waals surface area contributed by atoms with E-state index in [0.29, 0.717) is 23.4 Å². The molecule has 3 aromatic rings. The summed E-state index contributed by atoms with van der Waals surface area (Å²) >= 11 is 1.39. The van der Waals surface area contributed by atoms with E-state index in [-0.39, 0.29) is 5.69 Å². The summed E-state index contributed by atoms with van der Waals surface area (Å²) in [5, 5.41) is 14.4. The minimum atomic E-state index is -0.395. The van der Waals surface area contributed by atoms with Crippen LogP contribution in [0, 0.1) is 10.1 Å². The predicted octanol–water partition coefficient (Wildman–Crippen LogP) is 3.40. The fourth-order valence-corrected chi connectivity index (χ4v) is 2.76. The van der Waals surface area contributed by atoms with E-state index in [2.05, 4.69) is 10.3 Å². The number of rotatable bonds is 4. The van der Waals surface area contributed by atoms with Crippen molar-refractivity contribution in [2.24, 2.45) is 0 Å². The molecule has 0 aliphatic carbocycles. The molecule has 0 bridgehead atoms. The summed E-state index contributed by atoms with van der Waals surface area (Å²) in [5.41, 5.74) is 9.84. The van der Waals surface area contributed by atoms with E-state index < -0.39 is 4.92 Å². The van der Waals surface area contributed by atoms with Crippen LogP contribution in [0.4, 0.5) is 17.1 Å². The highest BCUT2D eigenvalue weighted by Gasteiger charge is 2.20. The largest absolute Gasteiger partial charge is 0.399 e. The smallest absolute Gasteiger partial charge is 0.319 e. The van der Waals surface area contributed by atoms with Crippen LogP contribution in [0.1, 0.15) is 5.56 Å². The zero-order chi connectivity index (χ0) is 14.8. The van der Waals surface area contributed by atoms with Gasteiger partial charge in [-0.3, -0.25) is 10.1 Å². The van der Waals surface area contributed by atoms with Crippen molar-refractivity contribution in [3.05, 3.63) is 57.6 Å². The number of nitro benzene ring substituents is 1. The van der Waals surface area contributed by atoms with Crippen molar-refractivity contribution >= 4 is 38.6 Å². The molecule has 3 rings (SSSR count). The molecule has 0 aliphatic rings. The number of nitrogens with zero attached hydrogens (tertiary/aromatic N) is 2. The molecule has 0 radical (unpaired) electrons. The molecule has 6 nitrogen and oxygen atoms in total. The van der Waals surface area contributed by atoms with E-state index in [1.54, 1.807) is 23.7 Å². The van der Waals surface area contributed by atoms with Gasteiger partial charge in [-0.05, 0) is 29.8 Å². The topological polar surface area (TPSA) is 94.1 Å². The molecular formula is C14H12N4O2S. The molecule has 0 fully saturated rings. The third-order valence-electron chi connectivity index (χ3n) is 3.12. The van der Waals surface area contributed by atoms with Gasteiger partial charge in [0.2, 0.25) is 0 Å². The van der Waals surface area contributed by atoms with Gasteiger partial charge in [-0.2, -0.15) is 0 Å². The Kier molecular flexibility index (Phi) is 3.41. The molecule has 0 aliphatic heterocycles. The second-order valence-corrected chi connectivity index (χ2v) is 5.40. The molecule has 0 saturated heterocycles. The van der Waals surface area contributed by atoms with Crippen LogP contribution in [0.5, 0.6) is 0 Å². The van der Waals surface area contributed by atoms with E-state index in [1.165, 1.54) is 11.3 Å². The summed E-state index contributed by atoms with van der Waals surface area (Å²) in [5.74, 6) is 0. The molecule has 106 valence electrons. The molecule has 3 N–H and O–H groups in total. The number of nitrogens with two attached hydrogens (primary N) is 1. The van der Waals surface area contributed by atoms with E-state index in [4.69, 9.17) is 5.73 Å². The van der Waals surface area contributed by atoms with E-state index in [9.17, 15) is 10.1 Å². The molecule has 0 unspecified atom stereocenters. The quantitative estimate of drug-likeness (QED) is 0.437. The average molecular weight is 300 g/mol. The van der Waals surface area contributed by atoms with Crippen LogP contribution in [0.15, 0.2) is 41.9 Å². The molecular weight excluding hydrogens is 288 g/mol. The van der Waals surface area contributed by atoms with Gasteiger partial charge < -0.3 is 11.1 Å². The number of nitrogens with one attached hydrogen (secondary N) is 1. The summed E-state index contributed by atoms with van der Waals surface area (Å²) in [6.07, 6.45) is 0. The van der Waals surface area contributed by atoms with Crippen LogP contribution in [-0.2, 0) is 6.54 Å². The minimum absolute atomic E-state index is 0.0178. The van der Waals surface area contributed by atoms with Crippen molar-refractivity contribution < 1.29 is 4.92 Å². The second-order valence-electron chi connectivity index (χ2n) is 4.51. The van der Waals surface area contributed by atoms with Crippen molar-refractivity contribution in [2.45, 2.75) is 6.54 Å². The number of anilines is 2. The van der Waals surface area contributed by atoms with Gasteiger partial charge in [0.15, 0.2) is 5.52 Å². The number of hydrogen-bond donors (Lipinski definition) is 2. The summed E-state index contributed by atoms with van der Waals surface area (Å²) in [6.45, 7) is 0.483. The Morgan fingerprint density at radius 2 is 2.00 bits per heavy atom. The average Bonchev–Trinajstić information content (AvgIpc) is 2.94. The Labute approximate surface area is 124 Å². The van der Waals surface area contributed by atoms with Crippen molar-refractivity contribution in [3.63, 3.8) is 0 Å². The lowest BCUT2D eigenvalue weighted by molar-refractivity contribution is -0.382. The first kappa shape index (κ1) is 13.3. The summed E-state index contributed by atoms with van der Waals surface area (Å²) < 4.78 is 0.805. The SMILES string of the molecule is Nc1ccc(CNc2ccc3scnc3c2[N+](=O)[O-])cc1. The highest BCUT2D eigenvalue weighted by Crippen LogP contribution is 2.34. The Morgan fingerprint density at radius 3 is 2.71 bits per heavy atom. The van der Waals surface area contributed by atoms with Crippen LogP contribution in [0.25, 0.3) is 10.2 Å². The van der Waals surface area contributed by atoms with Crippen LogP contribution in [-0.4, -0.2) is 9.91 Å². The molecule has 7 heteroatoms. The second kappa shape index (κ2) is 5.37. The van der Waals surface area contributed by atoms with Crippen molar-refractivity contribution in [1.29, 1.82) is 0 Å². The van der Waals surface area contributed by atoms with Gasteiger partial charge in [0.1, 0.15) is 5.69 Å². The lowest BCUT2D eigenvalue weighted by Crippen LogP contribution is -2.03. The Balaban J connectivity index is 1.91. The van der Waals surface area contributed by atoms with Gasteiger partial charge in [-0.25, -0.2) is 4.98 Å². The summed E-state index contributed by atoms with van der Waals surface area (Å²) in [7, 11) is 0. The Bertz CT molecular complexity index is 798. The first-order valence-corrected chi connectivity index (χ1v) is 7.12. The molecule has 1 heterocycles. The number of nitrogen functional groups attached to an aromatic ring is 1. The maximum Gasteiger partial charge on any atom is 0.319 e. The van der Waals surface area contributed by atoms with Gasteiger partial charge in [0, 0.05) is 12.2 Å². The van der Waals surface area contributed by atoms with Gasteiger partial charge >= 0.3 is 5.69 Å². The van der Waals surface area contributed by atoms with Crippen molar-refractivity contribution in [1.82, 2.24) is 4.98 Å². The van der Waals surface area contributed by atoms with Gasteiger partial charge in [0.25, 0.3) is 0 Å². The lowest BCUT2D eigenvalue weighted by Gasteiger charge is -2.07. The van der Waals surface area contributed by atoms with Crippen LogP contribution in [0.3, 0.4) is 0 Å². The number of aromatic nitrogens is 1. The van der Waals surface area contributed by atoms with Crippen LogP contribution in [0.2, 0.25) is 0 Å². The molecule has 21 heavy (non-hydrogen) atoms. The minimum Gasteiger partial charge on any atom is -0.399 e. The van der Waals surface area contributed by atoms with Crippen LogP contribution < -0.4 is 11.1 Å². The maximum atomic E-state index is 11.3. The zero-order valence-corrected chi connectivity index (χ0v) is 11.8. The normalized spacial score (nSPS) is 10.7. The molecule has 0 atom stereocenters. The highest BCUT2D eigenvalue weighted by molar-refractivity contribution is 7.16. The molecule has 0 amide bonds. The van der Waals surface area contributed by atoms with Crippen molar-refractivity contribution in [3.8, 4) is 0 Å². The maximum absolute atomic E-state index is 11.3. The molecule has 0 saturated carbocycles. The van der Waals surface area contributed by atoms with Gasteiger partial charge in [0.05, 0.1) is 15.1 Å². The number of fused-ring (bicyclic) bond motifs is 1. The zero-order valence-electron chi connectivity index (χ0n) is 10.9. The molecule has 2 aromatic carbocycles. The van der Waals surface area contributed by atoms with Gasteiger partial charge in [-0.1, -0.05) is 12.1 Å². The van der Waals surface area contributed by atoms with E-state index in [1.807, 2.05) is 18.2 Å². The number of benzene rings is 2. The molecule has 0 spiro atoms. The Morgan fingerprint density at radius 1 is 1.24 bits per heavy atom. The third-order valence-corrected chi connectivity index (χ3v) is 3.92. The van der Waals surface area contributed by atoms with E-state index >= 15 is 0 Å². The lowest BCUT2D eigenvalue weighted by atomic mass is 10.2. The first-order chi connectivity index (χ1) is 10.1. The number of thiazole rings is 1. The fourth-order valence-electron chi connectivity index (χ4n) is 2.08. The monoisotopic (exact) mass is 300 g/mol. The van der Waals surface area contributed by atoms with Crippen molar-refractivity contribution in [2.75, 3.05) is 11.1 Å². The third kappa shape index (κ3) is 2.63.